The maximum absolute atomic E-state index is 5.39. The Kier molecular flexibility index (Phi) is 16.6. The summed E-state index contributed by atoms with van der Waals surface area (Å²) in [7, 11) is 0. The summed E-state index contributed by atoms with van der Waals surface area (Å²) in [5.41, 5.74) is 5.39. The van der Waals surface area contributed by atoms with E-state index in [0.717, 1.165) is 52.3 Å². The average molecular weight is 260 g/mol. The molecule has 5 heteroatoms. The van der Waals surface area contributed by atoms with Crippen LogP contribution in [0.2, 0.25) is 0 Å². The third-order valence-electron chi connectivity index (χ3n) is 2.64. The summed E-state index contributed by atoms with van der Waals surface area (Å²) >= 11 is 0. The van der Waals surface area contributed by atoms with Crippen molar-refractivity contribution < 1.29 is 4.74 Å². The molecule has 0 aliphatic rings. The van der Waals surface area contributed by atoms with E-state index in [2.05, 4.69) is 16.0 Å². The Bertz CT molecular complexity index is 131. The zero-order valence-corrected chi connectivity index (χ0v) is 12.0. The molecule has 0 aromatic rings. The Labute approximate surface area is 112 Å². The van der Waals surface area contributed by atoms with Crippen LogP contribution in [0.25, 0.3) is 0 Å². The van der Waals surface area contributed by atoms with Crippen LogP contribution in [0.4, 0.5) is 0 Å². The molecule has 0 radical (unpaired) electrons. The number of rotatable bonds is 15. The van der Waals surface area contributed by atoms with E-state index < -0.39 is 0 Å². The molecular weight excluding hydrogens is 228 g/mol. The third kappa shape index (κ3) is 15.8. The lowest BCUT2D eigenvalue weighted by atomic mass is 10.2. The van der Waals surface area contributed by atoms with Crippen LogP contribution in [0.15, 0.2) is 0 Å². The summed E-state index contributed by atoms with van der Waals surface area (Å²) in [5, 5.41) is 10.00. The molecule has 0 atom stereocenters. The highest BCUT2D eigenvalue weighted by Crippen LogP contribution is 1.92. The van der Waals surface area contributed by atoms with Gasteiger partial charge >= 0.3 is 0 Å². The van der Waals surface area contributed by atoms with E-state index in [1.54, 1.807) is 0 Å². The van der Waals surface area contributed by atoms with Crippen LogP contribution >= 0.6 is 0 Å². The third-order valence-corrected chi connectivity index (χ3v) is 2.64. The van der Waals surface area contributed by atoms with Crippen molar-refractivity contribution in [1.82, 2.24) is 16.0 Å². The summed E-state index contributed by atoms with van der Waals surface area (Å²) < 4.78 is 5.19. The second-order valence-corrected chi connectivity index (χ2v) is 4.34. The lowest BCUT2D eigenvalue weighted by Gasteiger charge is -2.06. The Hall–Kier alpha value is -0.200. The summed E-state index contributed by atoms with van der Waals surface area (Å²) in [6.07, 6.45) is 4.95. The second kappa shape index (κ2) is 16.8. The molecule has 0 fully saturated rings. The lowest BCUT2D eigenvalue weighted by molar-refractivity contribution is 0.129. The van der Waals surface area contributed by atoms with E-state index in [1.807, 2.05) is 6.92 Å². The average Bonchev–Trinajstić information content (AvgIpc) is 2.39. The van der Waals surface area contributed by atoms with Gasteiger partial charge in [0, 0.05) is 19.7 Å². The minimum atomic E-state index is 0.673. The van der Waals surface area contributed by atoms with Crippen LogP contribution in [0.3, 0.4) is 0 Å². The van der Waals surface area contributed by atoms with Crippen LogP contribution in [0, 0.1) is 0 Å². The molecular formula is C13H32N4O. The predicted octanol–water partition coefficient (Wildman–Crippen LogP) is 0.268. The topological polar surface area (TPSA) is 71.3 Å². The van der Waals surface area contributed by atoms with Gasteiger partial charge in [-0.15, -0.1) is 0 Å². The maximum Gasteiger partial charge on any atom is 0.0965 e. The summed E-state index contributed by atoms with van der Waals surface area (Å²) in [6.45, 7) is 9.47. The van der Waals surface area contributed by atoms with E-state index in [4.69, 9.17) is 10.5 Å². The lowest BCUT2D eigenvalue weighted by Crippen LogP contribution is -2.25. The van der Waals surface area contributed by atoms with E-state index in [-0.39, 0.29) is 0 Å². The maximum atomic E-state index is 5.39. The molecule has 18 heavy (non-hydrogen) atoms. The Balaban J connectivity index is 2.86. The van der Waals surface area contributed by atoms with Crippen LogP contribution in [-0.4, -0.2) is 52.6 Å². The molecule has 0 saturated carbocycles. The van der Waals surface area contributed by atoms with E-state index in [9.17, 15) is 0 Å². The molecule has 0 aromatic heterocycles. The molecule has 0 unspecified atom stereocenters. The Morgan fingerprint density at radius 1 is 0.778 bits per heavy atom. The first-order valence-corrected chi connectivity index (χ1v) is 7.31. The SMILES string of the molecule is CCOCNCCCNCCCCCNCCN. The van der Waals surface area contributed by atoms with E-state index in [1.165, 1.54) is 19.3 Å². The highest BCUT2D eigenvalue weighted by atomic mass is 16.5. The number of nitrogens with one attached hydrogen (secondary N) is 3. The quantitative estimate of drug-likeness (QED) is 0.251. The van der Waals surface area contributed by atoms with Crippen molar-refractivity contribution in [3.8, 4) is 0 Å². The number of hydrogen-bond donors (Lipinski definition) is 4. The van der Waals surface area contributed by atoms with Crippen LogP contribution in [-0.2, 0) is 4.74 Å². The highest BCUT2D eigenvalue weighted by molar-refractivity contribution is 4.53. The molecule has 0 amide bonds. The van der Waals surface area contributed by atoms with Crippen molar-refractivity contribution in [3.05, 3.63) is 0 Å². The number of nitrogens with two attached hydrogens (primary N) is 1. The normalized spacial score (nSPS) is 11.0. The highest BCUT2D eigenvalue weighted by Gasteiger charge is 1.91. The van der Waals surface area contributed by atoms with Crippen molar-refractivity contribution in [2.24, 2.45) is 5.73 Å². The number of hydrogen-bond acceptors (Lipinski definition) is 5. The molecule has 0 saturated heterocycles. The van der Waals surface area contributed by atoms with E-state index in [0.29, 0.717) is 6.73 Å². The van der Waals surface area contributed by atoms with Gasteiger partial charge in [0.1, 0.15) is 0 Å². The fourth-order valence-corrected chi connectivity index (χ4v) is 1.61. The van der Waals surface area contributed by atoms with E-state index >= 15 is 0 Å². The van der Waals surface area contributed by atoms with Crippen molar-refractivity contribution in [2.75, 3.05) is 52.6 Å². The van der Waals surface area contributed by atoms with Crippen LogP contribution in [0.5, 0.6) is 0 Å². The fraction of sp³-hybridized carbons (Fsp3) is 1.00. The Morgan fingerprint density at radius 2 is 1.39 bits per heavy atom. The van der Waals surface area contributed by atoms with Gasteiger partial charge in [0.05, 0.1) is 6.73 Å². The van der Waals surface area contributed by atoms with Gasteiger partial charge in [-0.3, -0.25) is 5.32 Å². The predicted molar refractivity (Wildman–Crippen MR) is 77.8 cm³/mol. The molecule has 0 aromatic carbocycles. The van der Waals surface area contributed by atoms with Crippen molar-refractivity contribution in [1.29, 1.82) is 0 Å². The van der Waals surface area contributed by atoms with Gasteiger partial charge < -0.3 is 21.1 Å². The zero-order valence-electron chi connectivity index (χ0n) is 12.0. The standard InChI is InChI=1S/C13H32N4O/c1-2-18-13-17-11-6-10-15-8-4-3-5-9-16-12-7-14/h15-17H,2-14H2,1H3. The van der Waals surface area contributed by atoms with Crippen molar-refractivity contribution >= 4 is 0 Å². The first-order valence-electron chi connectivity index (χ1n) is 7.31. The molecule has 110 valence electrons. The number of unbranched alkanes of at least 4 members (excludes halogenated alkanes) is 2. The first-order chi connectivity index (χ1) is 8.91. The molecule has 0 spiro atoms. The molecule has 5 N–H and O–H groups in total. The molecule has 0 aliphatic heterocycles. The van der Waals surface area contributed by atoms with Crippen LogP contribution in [0.1, 0.15) is 32.6 Å². The van der Waals surface area contributed by atoms with Crippen molar-refractivity contribution in [3.63, 3.8) is 0 Å². The molecule has 0 aliphatic carbocycles. The minimum Gasteiger partial charge on any atom is -0.367 e. The summed E-state index contributed by atoms with van der Waals surface area (Å²) in [6, 6.07) is 0. The van der Waals surface area contributed by atoms with Gasteiger partial charge in [-0.05, 0) is 52.4 Å². The minimum absolute atomic E-state index is 0.673. The van der Waals surface area contributed by atoms with Crippen LogP contribution < -0.4 is 21.7 Å². The molecule has 0 heterocycles. The van der Waals surface area contributed by atoms with Gasteiger partial charge in [0.25, 0.3) is 0 Å². The molecule has 0 rings (SSSR count). The van der Waals surface area contributed by atoms with Gasteiger partial charge in [-0.2, -0.15) is 0 Å². The zero-order chi connectivity index (χ0) is 13.3. The summed E-state index contributed by atoms with van der Waals surface area (Å²) in [4.78, 5) is 0. The number of ether oxygens (including phenoxy) is 1. The van der Waals surface area contributed by atoms with Gasteiger partial charge in [0.2, 0.25) is 0 Å². The first kappa shape index (κ1) is 17.8. The van der Waals surface area contributed by atoms with Crippen molar-refractivity contribution in [2.45, 2.75) is 32.6 Å². The Morgan fingerprint density at radius 3 is 2.06 bits per heavy atom. The monoisotopic (exact) mass is 260 g/mol. The molecule has 5 nitrogen and oxygen atoms in total. The van der Waals surface area contributed by atoms with Gasteiger partial charge in [-0.1, -0.05) is 6.42 Å². The molecule has 0 bridgehead atoms. The summed E-state index contributed by atoms with van der Waals surface area (Å²) in [5.74, 6) is 0. The fourth-order valence-electron chi connectivity index (χ4n) is 1.61. The largest absolute Gasteiger partial charge is 0.367 e. The second-order valence-electron chi connectivity index (χ2n) is 4.34. The van der Waals surface area contributed by atoms with Gasteiger partial charge in [0.15, 0.2) is 0 Å². The van der Waals surface area contributed by atoms with Gasteiger partial charge in [-0.25, -0.2) is 0 Å². The smallest absolute Gasteiger partial charge is 0.0965 e.